The molecule has 0 aromatic heterocycles. The molecular formula is C12H18N2O5S2. The third-order valence-corrected chi connectivity index (χ3v) is 4.58. The SMILES string of the molecule is CCOC(=O)CS[C@@H](C)C(=O)NCCN1C(=O)CSC1=O. The van der Waals surface area contributed by atoms with E-state index in [1.54, 1.807) is 13.8 Å². The first kappa shape index (κ1) is 17.8. The van der Waals surface area contributed by atoms with Gasteiger partial charge in [-0.2, -0.15) is 0 Å². The van der Waals surface area contributed by atoms with Gasteiger partial charge in [-0.3, -0.25) is 24.1 Å². The second-order valence-corrected chi connectivity index (χ2v) is 6.40. The van der Waals surface area contributed by atoms with Gasteiger partial charge in [0.1, 0.15) is 0 Å². The van der Waals surface area contributed by atoms with Crippen molar-refractivity contribution in [2.45, 2.75) is 19.1 Å². The second-order valence-electron chi connectivity index (χ2n) is 4.15. The van der Waals surface area contributed by atoms with E-state index in [1.165, 1.54) is 11.8 Å². The summed E-state index contributed by atoms with van der Waals surface area (Å²) in [6, 6.07) is 0. The summed E-state index contributed by atoms with van der Waals surface area (Å²) in [4.78, 5) is 46.8. The number of esters is 1. The zero-order valence-electron chi connectivity index (χ0n) is 11.9. The van der Waals surface area contributed by atoms with Crippen molar-refractivity contribution in [1.82, 2.24) is 10.2 Å². The van der Waals surface area contributed by atoms with Crippen molar-refractivity contribution in [2.75, 3.05) is 31.2 Å². The van der Waals surface area contributed by atoms with Crippen molar-refractivity contribution in [3.05, 3.63) is 0 Å². The van der Waals surface area contributed by atoms with Crippen LogP contribution < -0.4 is 5.32 Å². The standard InChI is InChI=1S/C12H18N2O5S2/c1-3-19-10(16)7-20-8(2)11(17)13-4-5-14-9(15)6-21-12(14)18/h8H,3-7H2,1-2H3,(H,13,17)/t8-/m0/s1. The quantitative estimate of drug-likeness (QED) is 0.645. The van der Waals surface area contributed by atoms with Gasteiger partial charge in [-0.1, -0.05) is 11.8 Å². The van der Waals surface area contributed by atoms with Crippen molar-refractivity contribution in [3.8, 4) is 0 Å². The number of hydrogen-bond acceptors (Lipinski definition) is 7. The minimum atomic E-state index is -0.409. The Labute approximate surface area is 131 Å². The summed E-state index contributed by atoms with van der Waals surface area (Å²) in [6.45, 7) is 4.10. The average Bonchev–Trinajstić information content (AvgIpc) is 2.76. The van der Waals surface area contributed by atoms with E-state index in [0.717, 1.165) is 16.7 Å². The molecule has 1 aliphatic heterocycles. The van der Waals surface area contributed by atoms with Crippen molar-refractivity contribution >= 4 is 46.5 Å². The summed E-state index contributed by atoms with van der Waals surface area (Å²) in [6.07, 6.45) is 0. The fraction of sp³-hybridized carbons (Fsp3) is 0.667. The minimum Gasteiger partial charge on any atom is -0.465 e. The molecule has 1 heterocycles. The van der Waals surface area contributed by atoms with Crippen molar-refractivity contribution in [1.29, 1.82) is 0 Å². The van der Waals surface area contributed by atoms with Crippen molar-refractivity contribution in [2.24, 2.45) is 0 Å². The lowest BCUT2D eigenvalue weighted by Gasteiger charge is -2.15. The van der Waals surface area contributed by atoms with Gasteiger partial charge in [-0.25, -0.2) is 0 Å². The van der Waals surface area contributed by atoms with Gasteiger partial charge in [0, 0.05) is 13.1 Å². The van der Waals surface area contributed by atoms with Gasteiger partial charge in [0.25, 0.3) is 5.24 Å². The van der Waals surface area contributed by atoms with Gasteiger partial charge >= 0.3 is 5.97 Å². The zero-order chi connectivity index (χ0) is 15.8. The monoisotopic (exact) mass is 334 g/mol. The molecule has 1 aliphatic rings. The highest BCUT2D eigenvalue weighted by Gasteiger charge is 2.29. The summed E-state index contributed by atoms with van der Waals surface area (Å²) in [5, 5.41) is 1.95. The van der Waals surface area contributed by atoms with Crippen LogP contribution in [-0.2, 0) is 19.1 Å². The lowest BCUT2D eigenvalue weighted by Crippen LogP contribution is -2.40. The molecule has 0 radical (unpaired) electrons. The molecule has 21 heavy (non-hydrogen) atoms. The van der Waals surface area contributed by atoms with Crippen LogP contribution in [0.2, 0.25) is 0 Å². The molecule has 1 saturated heterocycles. The Morgan fingerprint density at radius 3 is 2.76 bits per heavy atom. The number of carbonyl (C=O) groups excluding carboxylic acids is 4. The Morgan fingerprint density at radius 2 is 2.19 bits per heavy atom. The zero-order valence-corrected chi connectivity index (χ0v) is 13.6. The Morgan fingerprint density at radius 1 is 1.48 bits per heavy atom. The number of imide groups is 1. The van der Waals surface area contributed by atoms with Crippen LogP contribution in [0.1, 0.15) is 13.8 Å². The molecule has 0 spiro atoms. The number of thioether (sulfide) groups is 2. The molecule has 0 aromatic carbocycles. The molecule has 0 saturated carbocycles. The van der Waals surface area contributed by atoms with E-state index in [1.807, 2.05) is 0 Å². The van der Waals surface area contributed by atoms with Crippen LogP contribution in [0, 0.1) is 0 Å². The normalized spacial score (nSPS) is 16.0. The van der Waals surface area contributed by atoms with Crippen LogP contribution in [0.3, 0.4) is 0 Å². The summed E-state index contributed by atoms with van der Waals surface area (Å²) in [5.74, 6) is -0.548. The van der Waals surface area contributed by atoms with Gasteiger partial charge in [0.15, 0.2) is 0 Å². The predicted molar refractivity (Wildman–Crippen MR) is 81.1 cm³/mol. The maximum atomic E-state index is 11.8. The largest absolute Gasteiger partial charge is 0.465 e. The molecule has 1 N–H and O–H groups in total. The number of rotatable bonds is 8. The summed E-state index contributed by atoms with van der Waals surface area (Å²) in [7, 11) is 0. The average molecular weight is 334 g/mol. The smallest absolute Gasteiger partial charge is 0.315 e. The molecule has 0 aromatic rings. The number of hydrogen-bond donors (Lipinski definition) is 1. The van der Waals surface area contributed by atoms with Crippen LogP contribution >= 0.6 is 23.5 Å². The highest BCUT2D eigenvalue weighted by atomic mass is 32.2. The van der Waals surface area contributed by atoms with Crippen LogP contribution in [0.5, 0.6) is 0 Å². The number of ether oxygens (including phenoxy) is 1. The molecule has 7 nitrogen and oxygen atoms in total. The lowest BCUT2D eigenvalue weighted by atomic mass is 10.4. The highest BCUT2D eigenvalue weighted by molar-refractivity contribution is 8.14. The third-order valence-electron chi connectivity index (χ3n) is 2.60. The Hall–Kier alpha value is -1.22. The molecule has 0 unspecified atom stereocenters. The van der Waals surface area contributed by atoms with E-state index in [4.69, 9.17) is 4.74 Å². The maximum absolute atomic E-state index is 11.8. The van der Waals surface area contributed by atoms with Crippen LogP contribution in [0.4, 0.5) is 4.79 Å². The van der Waals surface area contributed by atoms with E-state index >= 15 is 0 Å². The Balaban J connectivity index is 2.22. The van der Waals surface area contributed by atoms with E-state index in [0.29, 0.717) is 6.61 Å². The molecule has 1 fully saturated rings. The minimum absolute atomic E-state index is 0.113. The third kappa shape index (κ3) is 5.96. The first-order chi connectivity index (χ1) is 9.95. The van der Waals surface area contributed by atoms with Gasteiger partial charge < -0.3 is 10.1 Å². The number of amides is 3. The molecule has 1 atom stereocenters. The van der Waals surface area contributed by atoms with E-state index in [9.17, 15) is 19.2 Å². The Bertz CT molecular complexity index is 414. The number of carbonyl (C=O) groups is 4. The van der Waals surface area contributed by atoms with Gasteiger partial charge in [-0.15, -0.1) is 11.8 Å². The summed E-state index contributed by atoms with van der Waals surface area (Å²) in [5.41, 5.74) is 0. The maximum Gasteiger partial charge on any atom is 0.315 e. The van der Waals surface area contributed by atoms with Crippen LogP contribution in [-0.4, -0.2) is 64.4 Å². The fourth-order valence-electron chi connectivity index (χ4n) is 1.50. The lowest BCUT2D eigenvalue weighted by molar-refractivity contribution is -0.139. The van der Waals surface area contributed by atoms with Gasteiger partial charge in [0.05, 0.1) is 23.4 Å². The summed E-state index contributed by atoms with van der Waals surface area (Å²) < 4.78 is 4.77. The second kappa shape index (κ2) is 8.93. The van der Waals surface area contributed by atoms with E-state index in [2.05, 4.69) is 5.32 Å². The molecule has 9 heteroatoms. The van der Waals surface area contributed by atoms with Crippen LogP contribution in [0.25, 0.3) is 0 Å². The van der Waals surface area contributed by atoms with E-state index < -0.39 is 5.25 Å². The topological polar surface area (TPSA) is 92.8 Å². The summed E-state index contributed by atoms with van der Waals surface area (Å²) >= 11 is 2.14. The predicted octanol–water partition coefficient (Wildman–Crippen LogP) is 0.483. The molecule has 0 aliphatic carbocycles. The van der Waals surface area contributed by atoms with Crippen molar-refractivity contribution in [3.63, 3.8) is 0 Å². The first-order valence-electron chi connectivity index (χ1n) is 6.47. The fourth-order valence-corrected chi connectivity index (χ4v) is 2.96. The molecular weight excluding hydrogens is 316 g/mol. The van der Waals surface area contributed by atoms with Gasteiger partial charge in [-0.05, 0) is 13.8 Å². The Kier molecular flexibility index (Phi) is 7.58. The van der Waals surface area contributed by atoms with E-state index in [-0.39, 0.29) is 47.6 Å². The molecule has 118 valence electrons. The van der Waals surface area contributed by atoms with Crippen LogP contribution in [0.15, 0.2) is 0 Å². The highest BCUT2D eigenvalue weighted by Crippen LogP contribution is 2.17. The first-order valence-corrected chi connectivity index (χ1v) is 8.51. The van der Waals surface area contributed by atoms with Crippen molar-refractivity contribution < 1.29 is 23.9 Å². The van der Waals surface area contributed by atoms with Gasteiger partial charge in [0.2, 0.25) is 11.8 Å². The number of nitrogens with zero attached hydrogens (tertiary/aromatic N) is 1. The molecule has 1 rings (SSSR count). The molecule has 3 amide bonds. The molecule has 0 bridgehead atoms. The number of nitrogens with one attached hydrogen (secondary N) is 1.